The van der Waals surface area contributed by atoms with Crippen LogP contribution < -0.4 is 0 Å². The van der Waals surface area contributed by atoms with Crippen molar-refractivity contribution in [3.63, 3.8) is 0 Å². The van der Waals surface area contributed by atoms with Gasteiger partial charge in [0.15, 0.2) is 12.3 Å². The van der Waals surface area contributed by atoms with Crippen LogP contribution in [0, 0.1) is 39.9 Å². The monoisotopic (exact) mass is 240 g/mol. The van der Waals surface area contributed by atoms with E-state index in [0.717, 1.165) is 0 Å². The molecule has 0 radical (unpaired) electrons. The van der Waals surface area contributed by atoms with E-state index in [-0.39, 0.29) is 52.3 Å². The minimum absolute atomic E-state index is 0. The molecule has 34 valence electrons. The van der Waals surface area contributed by atoms with Gasteiger partial charge in [-0.25, -0.2) is 5.26 Å². The molecule has 0 amide bonds. The molecule has 0 fully saturated rings. The van der Waals surface area contributed by atoms with Crippen molar-refractivity contribution >= 4 is 12.3 Å². The normalized spacial score (nSPS) is 6.00. The number of hydrogen-bond donors (Lipinski definition) is 2. The van der Waals surface area contributed by atoms with Crippen molar-refractivity contribution in [2.24, 2.45) is 0 Å². The van der Waals surface area contributed by atoms with Gasteiger partial charge in [0.1, 0.15) is 0 Å². The van der Waals surface area contributed by atoms with Gasteiger partial charge in [0.2, 0.25) is 0 Å². The van der Waals surface area contributed by atoms with E-state index in [1.165, 1.54) is 0 Å². The van der Waals surface area contributed by atoms with Crippen LogP contribution in [-0.4, -0.2) is 9.81 Å². The van der Waals surface area contributed by atoms with Gasteiger partial charge in [0.25, 0.3) is 0 Å². The SMILES string of the molecule is OOSO.[Gd]. The molecule has 0 bridgehead atoms. The summed E-state index contributed by atoms with van der Waals surface area (Å²) in [5.41, 5.74) is 0. The maximum atomic E-state index is 7.32. The Morgan fingerprint density at radius 3 is 1.80 bits per heavy atom. The van der Waals surface area contributed by atoms with Crippen molar-refractivity contribution < 1.29 is 54.1 Å². The number of hydrogen-bond acceptors (Lipinski definition) is 4. The summed E-state index contributed by atoms with van der Waals surface area (Å²) in [5, 5.41) is 7.09. The zero-order chi connectivity index (χ0) is 3.41. The first kappa shape index (κ1) is 9.75. The molecule has 0 unspecified atom stereocenters. The average Bonchev–Trinajstić information content (AvgIpc) is 1.37. The summed E-state index contributed by atoms with van der Waals surface area (Å²) in [6, 6.07) is 0. The van der Waals surface area contributed by atoms with Crippen LogP contribution in [0.25, 0.3) is 0 Å². The molecule has 0 aromatic carbocycles. The molecule has 0 aromatic heterocycles. The van der Waals surface area contributed by atoms with Crippen LogP contribution in [-0.2, 0) is 4.33 Å². The summed E-state index contributed by atoms with van der Waals surface area (Å²) < 4.78 is 10.3. The van der Waals surface area contributed by atoms with Crippen LogP contribution in [0.1, 0.15) is 0 Å². The molecular formula is H2GdO3S. The first-order valence-electron chi connectivity index (χ1n) is 0.532. The summed E-state index contributed by atoms with van der Waals surface area (Å²) >= 11 is -0.0880. The molecule has 5 heavy (non-hydrogen) atoms. The third kappa shape index (κ3) is 10.8. The van der Waals surface area contributed by atoms with E-state index in [1.54, 1.807) is 0 Å². The third-order valence-corrected chi connectivity index (χ3v) is 0.100. The van der Waals surface area contributed by atoms with E-state index in [0.29, 0.717) is 0 Å². The van der Waals surface area contributed by atoms with Crippen LogP contribution >= 0.6 is 12.3 Å². The standard InChI is InChI=1S/Gd.H2O3S/c;1-3-4-2/h;1-2H. The zero-order valence-corrected chi connectivity index (χ0v) is 5.15. The molecule has 2 N–H and O–H groups in total. The minimum atomic E-state index is -0.0880. The summed E-state index contributed by atoms with van der Waals surface area (Å²) in [6.07, 6.45) is 0. The Hall–Kier alpha value is 1.55. The summed E-state index contributed by atoms with van der Waals surface area (Å²) in [5.74, 6) is 0. The maximum absolute atomic E-state index is 7.32. The van der Waals surface area contributed by atoms with Gasteiger partial charge in [-0.2, -0.15) is 0 Å². The van der Waals surface area contributed by atoms with Gasteiger partial charge >= 0.3 is 0 Å². The third-order valence-electron chi connectivity index (χ3n) is 0.0333. The van der Waals surface area contributed by atoms with Crippen molar-refractivity contribution in [3.8, 4) is 0 Å². The van der Waals surface area contributed by atoms with Gasteiger partial charge in [-0.05, 0) is 0 Å². The molecule has 3 nitrogen and oxygen atoms in total. The fraction of sp³-hybridized carbons (Fsp3) is 0. The molecule has 0 aliphatic carbocycles. The van der Waals surface area contributed by atoms with E-state index in [4.69, 9.17) is 9.81 Å². The molecule has 0 saturated heterocycles. The second kappa shape index (κ2) is 9.12. The Bertz CT molecular complexity index is 8.85. The van der Waals surface area contributed by atoms with E-state index >= 15 is 0 Å². The van der Waals surface area contributed by atoms with Gasteiger partial charge in [-0.3, -0.25) is 0 Å². The zero-order valence-electron chi connectivity index (χ0n) is 2.06. The molecule has 0 aliphatic rings. The maximum Gasteiger partial charge on any atom is 0.191 e. The summed E-state index contributed by atoms with van der Waals surface area (Å²) in [4.78, 5) is 0. The van der Waals surface area contributed by atoms with Crippen molar-refractivity contribution in [3.05, 3.63) is 0 Å². The van der Waals surface area contributed by atoms with Gasteiger partial charge < -0.3 is 4.55 Å². The predicted molar refractivity (Wildman–Crippen MR) is 13.9 cm³/mol. The molecule has 0 rings (SSSR count). The van der Waals surface area contributed by atoms with Gasteiger partial charge in [-0.15, -0.1) is 4.33 Å². The summed E-state index contributed by atoms with van der Waals surface area (Å²) in [6.45, 7) is 0. The van der Waals surface area contributed by atoms with Crippen molar-refractivity contribution in [1.29, 1.82) is 0 Å². The molecule has 0 aromatic rings. The topological polar surface area (TPSA) is 49.7 Å². The molecular weight excluding hydrogens is 237 g/mol. The van der Waals surface area contributed by atoms with Crippen LogP contribution in [0.5, 0.6) is 0 Å². The largest absolute Gasteiger partial charge is 0.305 e. The average molecular weight is 239 g/mol. The van der Waals surface area contributed by atoms with Gasteiger partial charge in [0.05, 0.1) is 0 Å². The van der Waals surface area contributed by atoms with Crippen molar-refractivity contribution in [1.82, 2.24) is 0 Å². The smallest absolute Gasteiger partial charge is 0.191 e. The molecule has 0 atom stereocenters. The molecule has 0 aliphatic heterocycles. The molecule has 0 spiro atoms. The van der Waals surface area contributed by atoms with E-state index in [2.05, 4.69) is 4.33 Å². The Morgan fingerprint density at radius 2 is 1.80 bits per heavy atom. The van der Waals surface area contributed by atoms with Gasteiger partial charge in [-0.1, -0.05) is 0 Å². The molecule has 0 saturated carbocycles. The van der Waals surface area contributed by atoms with E-state index < -0.39 is 0 Å². The Balaban J connectivity index is 0. The van der Waals surface area contributed by atoms with Crippen molar-refractivity contribution in [2.75, 3.05) is 0 Å². The van der Waals surface area contributed by atoms with Crippen LogP contribution in [0.4, 0.5) is 0 Å². The fourth-order valence-corrected chi connectivity index (χ4v) is 0. The fourth-order valence-electron chi connectivity index (χ4n) is 0. The van der Waals surface area contributed by atoms with Gasteiger partial charge in [0, 0.05) is 39.9 Å². The first-order valence-corrected chi connectivity index (χ1v) is 1.23. The van der Waals surface area contributed by atoms with Crippen LogP contribution in [0.3, 0.4) is 0 Å². The minimum Gasteiger partial charge on any atom is -0.305 e. The van der Waals surface area contributed by atoms with E-state index in [1.807, 2.05) is 0 Å². The Labute approximate surface area is 65.7 Å². The Morgan fingerprint density at radius 1 is 1.60 bits per heavy atom. The Kier molecular flexibility index (Phi) is 17.8. The van der Waals surface area contributed by atoms with Crippen LogP contribution in [0.15, 0.2) is 0 Å². The molecule has 0 heterocycles. The first-order chi connectivity index (χ1) is 1.91. The molecule has 5 heteroatoms. The van der Waals surface area contributed by atoms with E-state index in [9.17, 15) is 0 Å². The second-order valence-electron chi connectivity index (χ2n) is 0.149. The predicted octanol–water partition coefficient (Wildman–Crippen LogP) is 0.597. The van der Waals surface area contributed by atoms with Crippen LogP contribution in [0.2, 0.25) is 0 Å². The number of rotatable bonds is 1. The second-order valence-corrected chi connectivity index (χ2v) is 0.447. The summed E-state index contributed by atoms with van der Waals surface area (Å²) in [7, 11) is 0. The quantitative estimate of drug-likeness (QED) is 0.400. The van der Waals surface area contributed by atoms with Crippen molar-refractivity contribution in [2.45, 2.75) is 0 Å².